The maximum absolute atomic E-state index is 14.2. The van der Waals surface area contributed by atoms with E-state index >= 15 is 0 Å². The number of amides is 1. The second kappa shape index (κ2) is 9.26. The lowest BCUT2D eigenvalue weighted by Gasteiger charge is -2.65. The van der Waals surface area contributed by atoms with Crippen molar-refractivity contribution in [3.05, 3.63) is 23.3 Å². The summed E-state index contributed by atoms with van der Waals surface area (Å²) in [6.45, 7) is 8.40. The Morgan fingerprint density at radius 2 is 2.08 bits per heavy atom. The summed E-state index contributed by atoms with van der Waals surface area (Å²) in [5, 5.41) is 10.8. The second-order valence-electron chi connectivity index (χ2n) is 12.8. The van der Waals surface area contributed by atoms with Crippen LogP contribution in [0.2, 0.25) is 0 Å². The minimum atomic E-state index is -0.602. The van der Waals surface area contributed by atoms with Gasteiger partial charge in [0.25, 0.3) is 0 Å². The first-order valence-electron chi connectivity index (χ1n) is 14.6. The third-order valence-corrected chi connectivity index (χ3v) is 10.3. The van der Waals surface area contributed by atoms with Crippen molar-refractivity contribution in [3.8, 4) is 11.5 Å². The molecule has 0 unspecified atom stereocenters. The van der Waals surface area contributed by atoms with Gasteiger partial charge in [-0.25, -0.2) is 0 Å². The molecule has 3 aliphatic carbocycles. The van der Waals surface area contributed by atoms with Gasteiger partial charge in [-0.15, -0.1) is 0 Å². The maximum Gasteiger partial charge on any atom is 0.223 e. The summed E-state index contributed by atoms with van der Waals surface area (Å²) in [6.07, 6.45) is 6.99. The van der Waals surface area contributed by atoms with Gasteiger partial charge in [-0.1, -0.05) is 19.9 Å². The van der Waals surface area contributed by atoms with Crippen molar-refractivity contribution in [3.63, 3.8) is 0 Å². The van der Waals surface area contributed by atoms with E-state index in [-0.39, 0.29) is 28.9 Å². The molecule has 2 heterocycles. The lowest BCUT2D eigenvalue weighted by atomic mass is 9.42. The number of likely N-dealkylation sites (tertiary alicyclic amines) is 1. The number of Topliss-reactive ketones (excluding diaryl/α,β-unsaturated/α-hetero) is 1. The van der Waals surface area contributed by atoms with Gasteiger partial charge in [0, 0.05) is 49.5 Å². The highest BCUT2D eigenvalue weighted by Gasteiger charge is 2.73. The predicted octanol–water partition coefficient (Wildman–Crippen LogP) is 3.39. The number of ketones is 1. The normalized spacial score (nSPS) is 31.8. The Labute approximate surface area is 220 Å². The van der Waals surface area contributed by atoms with Crippen LogP contribution < -0.4 is 10.5 Å². The minimum Gasteiger partial charge on any atom is -0.504 e. The molecular formula is C30H43N3O4. The van der Waals surface area contributed by atoms with Gasteiger partial charge in [-0.05, 0) is 81.5 Å². The van der Waals surface area contributed by atoms with E-state index in [0.717, 1.165) is 56.8 Å². The standard InChI is InChI=1S/C30H43N3O4/c1-19(2)9-14-32(13-3-12-31)25(36)17-29-10-8-23(35)28-30(29)11-15-33(18-20-4-5-20)24(29)16-21-6-7-22(34)27(37-28)26(21)30/h6-7,19-20,24,28,34H,3-5,8-18,31H2,1-2H3/t24-,28+,29-,30+/m1/s1. The van der Waals surface area contributed by atoms with Crippen LogP contribution in [-0.4, -0.2) is 71.5 Å². The van der Waals surface area contributed by atoms with Gasteiger partial charge in [0.05, 0.1) is 5.41 Å². The van der Waals surface area contributed by atoms with Crippen LogP contribution in [0, 0.1) is 17.3 Å². The first kappa shape index (κ1) is 25.2. The number of ether oxygens (including phenoxy) is 1. The Morgan fingerprint density at radius 1 is 1.27 bits per heavy atom. The number of rotatable bonds is 10. The van der Waals surface area contributed by atoms with E-state index in [1.54, 1.807) is 6.07 Å². The Morgan fingerprint density at radius 3 is 2.81 bits per heavy atom. The molecule has 3 fully saturated rings. The van der Waals surface area contributed by atoms with Crippen LogP contribution >= 0.6 is 0 Å². The minimum absolute atomic E-state index is 0.121. The van der Waals surface area contributed by atoms with Crippen LogP contribution in [0.1, 0.15) is 76.3 Å². The van der Waals surface area contributed by atoms with Crippen molar-refractivity contribution in [2.24, 2.45) is 23.0 Å². The zero-order valence-corrected chi connectivity index (χ0v) is 22.5. The van der Waals surface area contributed by atoms with Gasteiger partial charge in [0.15, 0.2) is 23.4 Å². The first-order valence-corrected chi connectivity index (χ1v) is 14.6. The fourth-order valence-electron chi connectivity index (χ4n) is 8.27. The monoisotopic (exact) mass is 509 g/mol. The third kappa shape index (κ3) is 3.82. The van der Waals surface area contributed by atoms with E-state index in [1.807, 2.05) is 11.0 Å². The Balaban J connectivity index is 1.44. The number of benzene rings is 1. The lowest BCUT2D eigenvalue weighted by Crippen LogP contribution is -2.73. The number of piperidine rings is 1. The Bertz CT molecular complexity index is 1080. The van der Waals surface area contributed by atoms with Crippen LogP contribution in [0.3, 0.4) is 0 Å². The molecule has 7 heteroatoms. The van der Waals surface area contributed by atoms with Crippen molar-refractivity contribution < 1.29 is 19.4 Å². The predicted molar refractivity (Wildman–Crippen MR) is 142 cm³/mol. The van der Waals surface area contributed by atoms with Crippen molar-refractivity contribution >= 4 is 11.7 Å². The number of phenols is 1. The zero-order chi connectivity index (χ0) is 25.9. The van der Waals surface area contributed by atoms with Gasteiger partial charge in [0.1, 0.15) is 0 Å². The van der Waals surface area contributed by atoms with Gasteiger partial charge in [0.2, 0.25) is 5.91 Å². The smallest absolute Gasteiger partial charge is 0.223 e. The van der Waals surface area contributed by atoms with Crippen molar-refractivity contribution in [1.29, 1.82) is 0 Å². The van der Waals surface area contributed by atoms with E-state index in [1.165, 1.54) is 18.4 Å². The molecule has 5 aliphatic rings. The molecule has 6 rings (SSSR count). The van der Waals surface area contributed by atoms with Crippen molar-refractivity contribution in [2.75, 3.05) is 32.7 Å². The van der Waals surface area contributed by atoms with Crippen molar-refractivity contribution in [2.45, 2.75) is 89.2 Å². The quantitative estimate of drug-likeness (QED) is 0.502. The maximum atomic E-state index is 14.2. The number of nitrogens with two attached hydrogens (primary N) is 1. The molecule has 4 atom stereocenters. The molecule has 2 aliphatic heterocycles. The molecule has 1 saturated heterocycles. The molecule has 1 amide bonds. The summed E-state index contributed by atoms with van der Waals surface area (Å²) in [4.78, 5) is 32.4. The van der Waals surface area contributed by atoms with Gasteiger partial charge in [-0.2, -0.15) is 0 Å². The van der Waals surface area contributed by atoms with Gasteiger partial charge < -0.3 is 20.5 Å². The van der Waals surface area contributed by atoms with Crippen LogP contribution in [0.25, 0.3) is 0 Å². The summed E-state index contributed by atoms with van der Waals surface area (Å²) < 4.78 is 6.40. The average molecular weight is 510 g/mol. The molecule has 0 aromatic heterocycles. The zero-order valence-electron chi connectivity index (χ0n) is 22.5. The molecule has 1 spiro atoms. The summed E-state index contributed by atoms with van der Waals surface area (Å²) in [6, 6.07) is 3.97. The highest BCUT2D eigenvalue weighted by atomic mass is 16.5. The number of hydrogen-bond acceptors (Lipinski definition) is 6. The van der Waals surface area contributed by atoms with Crippen LogP contribution in [0.5, 0.6) is 11.5 Å². The molecule has 3 N–H and O–H groups in total. The molecule has 1 aromatic carbocycles. The number of nitrogens with zero attached hydrogens (tertiary/aromatic N) is 2. The fourth-order valence-corrected chi connectivity index (χ4v) is 8.27. The summed E-state index contributed by atoms with van der Waals surface area (Å²) in [5.74, 6) is 2.22. The van der Waals surface area contributed by atoms with E-state index in [0.29, 0.717) is 44.0 Å². The molecule has 2 saturated carbocycles. The molecule has 37 heavy (non-hydrogen) atoms. The lowest BCUT2D eigenvalue weighted by molar-refractivity contribution is -0.165. The summed E-state index contributed by atoms with van der Waals surface area (Å²) >= 11 is 0. The molecule has 7 nitrogen and oxygen atoms in total. The average Bonchev–Trinajstić information content (AvgIpc) is 3.61. The van der Waals surface area contributed by atoms with Crippen LogP contribution in [-0.2, 0) is 21.4 Å². The van der Waals surface area contributed by atoms with Gasteiger partial charge in [-0.3, -0.25) is 14.5 Å². The van der Waals surface area contributed by atoms with E-state index < -0.39 is 11.5 Å². The van der Waals surface area contributed by atoms with Gasteiger partial charge >= 0.3 is 0 Å². The van der Waals surface area contributed by atoms with E-state index in [4.69, 9.17) is 10.5 Å². The van der Waals surface area contributed by atoms with Crippen LogP contribution in [0.15, 0.2) is 12.1 Å². The second-order valence-corrected chi connectivity index (χ2v) is 12.8. The summed E-state index contributed by atoms with van der Waals surface area (Å²) in [5.41, 5.74) is 7.17. The third-order valence-electron chi connectivity index (χ3n) is 10.3. The first-order chi connectivity index (χ1) is 17.8. The molecule has 202 valence electrons. The summed E-state index contributed by atoms with van der Waals surface area (Å²) in [7, 11) is 0. The highest BCUT2D eigenvalue weighted by Crippen LogP contribution is 2.69. The Hall–Kier alpha value is -2.12. The highest BCUT2D eigenvalue weighted by molar-refractivity contribution is 5.90. The van der Waals surface area contributed by atoms with Crippen LogP contribution in [0.4, 0.5) is 0 Å². The number of carbonyl (C=O) groups excluding carboxylic acids is 2. The number of aromatic hydroxyl groups is 1. The van der Waals surface area contributed by atoms with E-state index in [2.05, 4.69) is 18.7 Å². The largest absolute Gasteiger partial charge is 0.504 e. The number of phenolic OH excluding ortho intramolecular Hbond substituents is 1. The molecular weight excluding hydrogens is 466 g/mol. The topological polar surface area (TPSA) is 96.1 Å². The SMILES string of the molecule is CC(C)CCN(CCCN)C(=O)C[C@@]12CCC(=O)[C@@H]3Oc4c(O)ccc5c4[C@@]31CCN(CC1CC1)[C@@H]2C5. The number of carbonyl (C=O) groups is 2. The fraction of sp³-hybridized carbons (Fsp3) is 0.733. The Kier molecular flexibility index (Phi) is 6.30. The van der Waals surface area contributed by atoms with E-state index in [9.17, 15) is 14.7 Å². The number of hydrogen-bond donors (Lipinski definition) is 2. The molecule has 2 bridgehead atoms. The van der Waals surface area contributed by atoms with Crippen molar-refractivity contribution in [1.82, 2.24) is 9.80 Å². The molecule has 1 aromatic rings. The molecule has 0 radical (unpaired) electrons.